The van der Waals surface area contributed by atoms with Crippen molar-refractivity contribution in [3.63, 3.8) is 0 Å². The predicted octanol–water partition coefficient (Wildman–Crippen LogP) is 3.96. The van der Waals surface area contributed by atoms with Crippen molar-refractivity contribution in [3.8, 4) is 0 Å². The van der Waals surface area contributed by atoms with Crippen molar-refractivity contribution in [1.82, 2.24) is 9.71 Å². The monoisotopic (exact) mass is 429 g/mol. The van der Waals surface area contributed by atoms with Gasteiger partial charge in [-0.15, -0.1) is 0 Å². The molecule has 0 aromatic carbocycles. The molecule has 1 aromatic rings. The number of hydrogen-bond acceptors (Lipinski definition) is 5. The molecule has 1 unspecified atom stereocenters. The molecule has 2 atom stereocenters. The Kier molecular flexibility index (Phi) is 6.01. The SMILES string of the molecule is CC(=O)c1cc2c(c(Cl)n1)N(C(=O)OC(C)(C)C)C[C@@]2(C)NS(=O)C(C)(C)C. The Labute approximate surface area is 173 Å². The summed E-state index contributed by atoms with van der Waals surface area (Å²) in [6, 6.07) is 1.60. The largest absolute Gasteiger partial charge is 0.443 e. The fraction of sp³-hybridized carbons (Fsp3) is 0.632. The van der Waals surface area contributed by atoms with Crippen LogP contribution in [0.4, 0.5) is 10.5 Å². The van der Waals surface area contributed by atoms with Crippen LogP contribution in [-0.2, 0) is 21.3 Å². The van der Waals surface area contributed by atoms with Crippen LogP contribution in [0, 0.1) is 0 Å². The number of pyridine rings is 1. The number of amides is 1. The zero-order valence-electron chi connectivity index (χ0n) is 17.6. The maximum absolute atomic E-state index is 12.8. The van der Waals surface area contributed by atoms with E-state index in [9.17, 15) is 13.8 Å². The minimum absolute atomic E-state index is 0.0284. The van der Waals surface area contributed by atoms with Gasteiger partial charge in [-0.2, -0.15) is 0 Å². The van der Waals surface area contributed by atoms with Gasteiger partial charge in [0.15, 0.2) is 10.9 Å². The highest BCUT2D eigenvalue weighted by Gasteiger charge is 2.46. The normalized spacial score (nSPS) is 20.7. The molecule has 1 aliphatic rings. The number of nitrogens with zero attached hydrogens (tertiary/aromatic N) is 2. The molecule has 2 rings (SSSR count). The van der Waals surface area contributed by atoms with E-state index in [1.54, 1.807) is 26.8 Å². The van der Waals surface area contributed by atoms with Crippen LogP contribution in [0.3, 0.4) is 0 Å². The van der Waals surface area contributed by atoms with E-state index in [4.69, 9.17) is 16.3 Å². The first-order valence-corrected chi connectivity index (χ1v) is 10.5. The molecule has 156 valence electrons. The highest BCUT2D eigenvalue weighted by molar-refractivity contribution is 7.84. The molecule has 0 radical (unpaired) electrons. The van der Waals surface area contributed by atoms with Gasteiger partial charge in [0.25, 0.3) is 0 Å². The van der Waals surface area contributed by atoms with E-state index in [-0.39, 0.29) is 23.2 Å². The van der Waals surface area contributed by atoms with Crippen molar-refractivity contribution in [1.29, 1.82) is 0 Å². The molecule has 0 aliphatic carbocycles. The Balaban J connectivity index is 2.59. The molecule has 28 heavy (non-hydrogen) atoms. The topological polar surface area (TPSA) is 88.6 Å². The third-order valence-electron chi connectivity index (χ3n) is 4.14. The summed E-state index contributed by atoms with van der Waals surface area (Å²) in [7, 11) is -1.42. The summed E-state index contributed by atoms with van der Waals surface area (Å²) in [6.45, 7) is 14.2. The molecule has 0 saturated heterocycles. The molecule has 7 nitrogen and oxygen atoms in total. The molecular weight excluding hydrogens is 402 g/mol. The lowest BCUT2D eigenvalue weighted by molar-refractivity contribution is 0.0577. The number of hydrogen-bond donors (Lipinski definition) is 1. The molecule has 1 aliphatic heterocycles. The zero-order chi connectivity index (χ0) is 21.7. The second-order valence-corrected chi connectivity index (χ2v) is 11.5. The smallest absolute Gasteiger partial charge is 0.414 e. The summed E-state index contributed by atoms with van der Waals surface area (Å²) in [5, 5.41) is 0.0284. The van der Waals surface area contributed by atoms with E-state index >= 15 is 0 Å². The molecule has 1 amide bonds. The molecule has 1 aromatic heterocycles. The molecule has 9 heteroatoms. The molecule has 1 N–H and O–H groups in total. The number of ether oxygens (including phenoxy) is 1. The molecule has 2 heterocycles. The second kappa shape index (κ2) is 7.39. The molecule has 0 bridgehead atoms. The third-order valence-corrected chi connectivity index (χ3v) is 6.15. The lowest BCUT2D eigenvalue weighted by atomic mass is 9.95. The van der Waals surface area contributed by atoms with E-state index < -0.39 is 33.0 Å². The molecule has 0 spiro atoms. The zero-order valence-corrected chi connectivity index (χ0v) is 19.2. The number of anilines is 1. The number of Topliss-reactive ketones (excluding diaryl/α,β-unsaturated/α-hetero) is 1. The molecular formula is C19H28ClN3O4S. The van der Waals surface area contributed by atoms with Crippen LogP contribution in [0.25, 0.3) is 0 Å². The number of carbonyl (C=O) groups excluding carboxylic acids is 2. The molecule has 0 fully saturated rings. The van der Waals surface area contributed by atoms with Crippen molar-refractivity contribution in [2.75, 3.05) is 11.4 Å². The van der Waals surface area contributed by atoms with Crippen LogP contribution >= 0.6 is 11.6 Å². The minimum Gasteiger partial charge on any atom is -0.443 e. The summed E-state index contributed by atoms with van der Waals surface area (Å²) in [5.41, 5.74) is -0.467. The van der Waals surface area contributed by atoms with E-state index in [1.807, 2.05) is 27.7 Å². The van der Waals surface area contributed by atoms with Crippen LogP contribution in [0.2, 0.25) is 5.15 Å². The summed E-state index contributed by atoms with van der Waals surface area (Å²) in [5.74, 6) is -0.250. The summed E-state index contributed by atoms with van der Waals surface area (Å²) in [6.07, 6.45) is -0.583. The van der Waals surface area contributed by atoms with Gasteiger partial charge in [-0.25, -0.2) is 18.7 Å². The Morgan fingerprint density at radius 1 is 1.29 bits per heavy atom. The number of rotatable bonds is 3. The average molecular weight is 430 g/mol. The van der Waals surface area contributed by atoms with Crippen LogP contribution in [0.15, 0.2) is 6.07 Å². The van der Waals surface area contributed by atoms with Gasteiger partial charge < -0.3 is 4.74 Å². The van der Waals surface area contributed by atoms with E-state index in [0.717, 1.165) is 0 Å². The maximum Gasteiger partial charge on any atom is 0.414 e. The van der Waals surface area contributed by atoms with Crippen LogP contribution < -0.4 is 9.62 Å². The van der Waals surface area contributed by atoms with Gasteiger partial charge in [-0.3, -0.25) is 9.69 Å². The predicted molar refractivity (Wildman–Crippen MR) is 111 cm³/mol. The van der Waals surface area contributed by atoms with Gasteiger partial charge in [0, 0.05) is 12.5 Å². The average Bonchev–Trinajstić information content (AvgIpc) is 2.78. The lowest BCUT2D eigenvalue weighted by Crippen LogP contribution is -2.49. The fourth-order valence-corrected chi connectivity index (χ4v) is 3.95. The van der Waals surface area contributed by atoms with Crippen molar-refractivity contribution >= 4 is 40.2 Å². The van der Waals surface area contributed by atoms with Gasteiger partial charge in [-0.1, -0.05) is 11.6 Å². The highest BCUT2D eigenvalue weighted by atomic mass is 35.5. The number of carbonyl (C=O) groups is 2. The maximum atomic E-state index is 12.8. The summed E-state index contributed by atoms with van der Waals surface area (Å²) >= 11 is 6.37. The standard InChI is InChI=1S/C19H28ClN3O4S/c1-11(24)13-9-12-14(15(20)21-13)23(16(25)27-17(2,3)4)10-19(12,8)22-28(26)18(5,6)7/h9,22H,10H2,1-8H3/t19-,28?/m1/s1. The number of halogens is 1. The van der Waals surface area contributed by atoms with Crippen molar-refractivity contribution in [2.24, 2.45) is 0 Å². The number of fused-ring (bicyclic) bond motifs is 1. The fourth-order valence-electron chi connectivity index (χ4n) is 2.76. The van der Waals surface area contributed by atoms with Crippen LogP contribution in [0.5, 0.6) is 0 Å². The van der Waals surface area contributed by atoms with Crippen molar-refractivity contribution in [2.45, 2.75) is 71.3 Å². The van der Waals surface area contributed by atoms with Gasteiger partial charge in [-0.05, 0) is 54.5 Å². The quantitative estimate of drug-likeness (QED) is 0.580. The summed E-state index contributed by atoms with van der Waals surface area (Å²) < 4.78 is 20.9. The Bertz CT molecular complexity index is 845. The first kappa shape index (κ1) is 22.8. The van der Waals surface area contributed by atoms with E-state index in [1.165, 1.54) is 11.8 Å². The second-order valence-electron chi connectivity index (χ2n) is 9.13. The lowest BCUT2D eigenvalue weighted by Gasteiger charge is -2.31. The third kappa shape index (κ3) is 4.72. The van der Waals surface area contributed by atoms with Crippen molar-refractivity contribution in [3.05, 3.63) is 22.5 Å². The van der Waals surface area contributed by atoms with Gasteiger partial charge >= 0.3 is 6.09 Å². The van der Waals surface area contributed by atoms with Gasteiger partial charge in [0.05, 0.1) is 33.5 Å². The minimum atomic E-state index is -1.42. The Morgan fingerprint density at radius 3 is 2.32 bits per heavy atom. The number of aromatic nitrogens is 1. The highest BCUT2D eigenvalue weighted by Crippen LogP contribution is 2.44. The van der Waals surface area contributed by atoms with Gasteiger partial charge in [0.1, 0.15) is 11.3 Å². The van der Waals surface area contributed by atoms with Crippen LogP contribution in [-0.4, -0.2) is 38.0 Å². The Morgan fingerprint density at radius 2 is 1.86 bits per heavy atom. The van der Waals surface area contributed by atoms with E-state index in [0.29, 0.717) is 11.3 Å². The molecule has 0 saturated carbocycles. The number of ketones is 1. The van der Waals surface area contributed by atoms with Crippen LogP contribution in [0.1, 0.15) is 71.4 Å². The van der Waals surface area contributed by atoms with E-state index in [2.05, 4.69) is 9.71 Å². The first-order valence-electron chi connectivity index (χ1n) is 8.97. The first-order chi connectivity index (χ1) is 12.5. The van der Waals surface area contributed by atoms with Crippen molar-refractivity contribution < 1.29 is 18.5 Å². The Hall–Kier alpha value is -1.51. The van der Waals surface area contributed by atoms with Gasteiger partial charge in [0.2, 0.25) is 0 Å². The number of nitrogens with one attached hydrogen (secondary N) is 1. The summed E-state index contributed by atoms with van der Waals surface area (Å²) in [4.78, 5) is 30.2.